The van der Waals surface area contributed by atoms with Gasteiger partial charge in [-0.2, -0.15) is 0 Å². The Morgan fingerprint density at radius 1 is 0.583 bits per heavy atom. The van der Waals surface area contributed by atoms with Crippen LogP contribution in [0.15, 0.2) is 0 Å². The second kappa shape index (κ2) is 4.92. The summed E-state index contributed by atoms with van der Waals surface area (Å²) in [6.45, 7) is 0. The lowest BCUT2D eigenvalue weighted by atomic mass is 9.51. The van der Waals surface area contributed by atoms with Crippen LogP contribution >= 0.6 is 0 Å². The summed E-state index contributed by atoms with van der Waals surface area (Å²) < 4.78 is 0. The molecule has 8 rings (SSSR count). The number of nitrogens with zero attached hydrogens (tertiary/aromatic N) is 1. The highest BCUT2D eigenvalue weighted by atomic mass is 16.4. The third-order valence-electron chi connectivity index (χ3n) is 9.22. The Morgan fingerprint density at radius 3 is 1.12 bits per heavy atom. The van der Waals surface area contributed by atoms with Gasteiger partial charge in [0.2, 0.25) is 0 Å². The zero-order valence-corrected chi connectivity index (χ0v) is 14.6. The van der Waals surface area contributed by atoms with Crippen LogP contribution in [0.4, 0.5) is 4.79 Å². The first kappa shape index (κ1) is 14.4. The molecule has 0 aromatic heterocycles. The molecule has 0 unspecified atom stereocenters. The standard InChI is InChI=1S/C21H31NO2/c23-21(24)22(19-15-3-11-1-12(5-15)6-16(19)4-11)20-17-7-13-2-14(9-17)10-18(20)8-13/h11-20H,1-10H2,(H,23,24). The van der Waals surface area contributed by atoms with Crippen molar-refractivity contribution in [2.45, 2.75) is 76.3 Å². The quantitative estimate of drug-likeness (QED) is 0.803. The van der Waals surface area contributed by atoms with Crippen molar-refractivity contribution < 1.29 is 9.90 Å². The van der Waals surface area contributed by atoms with E-state index in [-0.39, 0.29) is 0 Å². The van der Waals surface area contributed by atoms with E-state index < -0.39 is 6.09 Å². The summed E-state index contributed by atoms with van der Waals surface area (Å²) in [4.78, 5) is 14.6. The molecule has 0 aromatic carbocycles. The predicted molar refractivity (Wildman–Crippen MR) is 91.5 cm³/mol. The van der Waals surface area contributed by atoms with Crippen molar-refractivity contribution in [1.29, 1.82) is 0 Å². The van der Waals surface area contributed by atoms with E-state index in [1.165, 1.54) is 64.2 Å². The topological polar surface area (TPSA) is 40.5 Å². The highest BCUT2D eigenvalue weighted by Gasteiger charge is 2.57. The smallest absolute Gasteiger partial charge is 0.407 e. The normalized spacial score (nSPS) is 56.7. The Balaban J connectivity index is 1.34. The second-order valence-corrected chi connectivity index (χ2v) is 10.5. The highest BCUT2D eigenvalue weighted by molar-refractivity contribution is 5.66. The molecule has 8 bridgehead atoms. The summed E-state index contributed by atoms with van der Waals surface area (Å²) in [6.07, 6.45) is 12.9. The fraction of sp³-hybridized carbons (Fsp3) is 0.952. The van der Waals surface area contributed by atoms with Crippen molar-refractivity contribution in [2.24, 2.45) is 47.3 Å². The minimum Gasteiger partial charge on any atom is -0.465 e. The maximum absolute atomic E-state index is 12.5. The molecule has 0 heterocycles. The van der Waals surface area contributed by atoms with E-state index in [0.717, 1.165) is 23.7 Å². The molecule has 0 atom stereocenters. The molecular formula is C21H31NO2. The number of hydrogen-bond donors (Lipinski definition) is 1. The van der Waals surface area contributed by atoms with Crippen LogP contribution in [0, 0.1) is 47.3 Å². The van der Waals surface area contributed by atoms with Crippen LogP contribution in [0.25, 0.3) is 0 Å². The van der Waals surface area contributed by atoms with E-state index in [9.17, 15) is 9.90 Å². The number of carbonyl (C=O) groups is 1. The SMILES string of the molecule is O=C(O)N(C1C2CC3CC(C2)CC1C3)C1C2CC3CC(C2)CC1C3. The molecule has 3 heteroatoms. The van der Waals surface area contributed by atoms with E-state index in [1.807, 2.05) is 0 Å². The van der Waals surface area contributed by atoms with Crippen molar-refractivity contribution in [3.05, 3.63) is 0 Å². The fourth-order valence-electron chi connectivity index (χ4n) is 9.16. The summed E-state index contributed by atoms with van der Waals surface area (Å²) in [5.41, 5.74) is 0. The van der Waals surface area contributed by atoms with E-state index in [1.54, 1.807) is 0 Å². The Morgan fingerprint density at radius 2 is 0.875 bits per heavy atom. The van der Waals surface area contributed by atoms with Crippen LogP contribution in [0.3, 0.4) is 0 Å². The first-order chi connectivity index (χ1) is 11.7. The van der Waals surface area contributed by atoms with Crippen molar-refractivity contribution in [3.63, 3.8) is 0 Å². The van der Waals surface area contributed by atoms with E-state index in [0.29, 0.717) is 35.8 Å². The van der Waals surface area contributed by atoms with Crippen LogP contribution in [0.1, 0.15) is 64.2 Å². The van der Waals surface area contributed by atoms with Crippen LogP contribution in [-0.2, 0) is 0 Å². The van der Waals surface area contributed by atoms with Gasteiger partial charge in [-0.25, -0.2) is 4.79 Å². The van der Waals surface area contributed by atoms with E-state index in [4.69, 9.17) is 0 Å². The Hall–Kier alpha value is -0.730. The van der Waals surface area contributed by atoms with Crippen molar-refractivity contribution >= 4 is 6.09 Å². The maximum Gasteiger partial charge on any atom is 0.407 e. The highest BCUT2D eigenvalue weighted by Crippen LogP contribution is 2.59. The third-order valence-corrected chi connectivity index (χ3v) is 9.22. The van der Waals surface area contributed by atoms with Gasteiger partial charge in [-0.1, -0.05) is 0 Å². The van der Waals surface area contributed by atoms with Crippen LogP contribution in [-0.4, -0.2) is 28.2 Å². The number of amides is 1. The monoisotopic (exact) mass is 329 g/mol. The molecule has 1 amide bonds. The summed E-state index contributed by atoms with van der Waals surface area (Å²) in [6, 6.07) is 0.746. The first-order valence-corrected chi connectivity index (χ1v) is 10.7. The lowest BCUT2D eigenvalue weighted by Gasteiger charge is -2.62. The van der Waals surface area contributed by atoms with Gasteiger partial charge >= 0.3 is 6.09 Å². The first-order valence-electron chi connectivity index (χ1n) is 10.7. The molecular weight excluding hydrogens is 298 g/mol. The van der Waals surface area contributed by atoms with Crippen molar-refractivity contribution in [1.82, 2.24) is 4.90 Å². The third kappa shape index (κ3) is 1.93. The predicted octanol–water partition coefficient (Wildman–Crippen LogP) is 4.62. The van der Waals surface area contributed by atoms with Gasteiger partial charge in [0.05, 0.1) is 0 Å². The summed E-state index contributed by atoms with van der Waals surface area (Å²) >= 11 is 0. The van der Waals surface area contributed by atoms with Crippen LogP contribution < -0.4 is 0 Å². The average Bonchev–Trinajstić information content (AvgIpc) is 2.50. The molecule has 1 N–H and O–H groups in total. The van der Waals surface area contributed by atoms with E-state index >= 15 is 0 Å². The van der Waals surface area contributed by atoms with Gasteiger partial charge < -0.3 is 10.0 Å². The minimum absolute atomic E-state index is 0.373. The number of carboxylic acid groups (broad SMARTS) is 1. The Labute approximate surface area is 145 Å². The molecule has 8 fully saturated rings. The van der Waals surface area contributed by atoms with Crippen molar-refractivity contribution in [2.75, 3.05) is 0 Å². The molecule has 24 heavy (non-hydrogen) atoms. The van der Waals surface area contributed by atoms with Gasteiger partial charge in [-0.05, 0) is 112 Å². The second-order valence-electron chi connectivity index (χ2n) is 10.5. The molecule has 0 aliphatic heterocycles. The van der Waals surface area contributed by atoms with Crippen LogP contribution in [0.5, 0.6) is 0 Å². The molecule has 3 nitrogen and oxygen atoms in total. The van der Waals surface area contributed by atoms with Gasteiger partial charge in [0, 0.05) is 12.1 Å². The molecule has 0 aromatic rings. The van der Waals surface area contributed by atoms with Gasteiger partial charge in [-0.15, -0.1) is 0 Å². The molecule has 8 aliphatic carbocycles. The van der Waals surface area contributed by atoms with Crippen molar-refractivity contribution in [3.8, 4) is 0 Å². The minimum atomic E-state index is -0.579. The molecule has 0 spiro atoms. The molecule has 132 valence electrons. The van der Waals surface area contributed by atoms with Gasteiger partial charge in [-0.3, -0.25) is 0 Å². The Kier molecular flexibility index (Phi) is 2.96. The summed E-state index contributed by atoms with van der Waals surface area (Å²) in [7, 11) is 0. The number of hydrogen-bond acceptors (Lipinski definition) is 1. The zero-order chi connectivity index (χ0) is 16.0. The zero-order valence-electron chi connectivity index (χ0n) is 14.6. The van der Waals surface area contributed by atoms with Crippen LogP contribution in [0.2, 0.25) is 0 Å². The van der Waals surface area contributed by atoms with Gasteiger partial charge in [0.15, 0.2) is 0 Å². The largest absolute Gasteiger partial charge is 0.465 e. The number of rotatable bonds is 2. The molecule has 0 saturated heterocycles. The van der Waals surface area contributed by atoms with Gasteiger partial charge in [0.1, 0.15) is 0 Å². The average molecular weight is 329 g/mol. The lowest BCUT2D eigenvalue weighted by Crippen LogP contribution is -2.65. The van der Waals surface area contributed by atoms with E-state index in [2.05, 4.69) is 4.90 Å². The summed E-state index contributed by atoms with van der Waals surface area (Å²) in [5.74, 6) is 6.47. The molecule has 8 saturated carbocycles. The molecule has 0 radical (unpaired) electrons. The molecule has 8 aliphatic rings. The fourth-order valence-corrected chi connectivity index (χ4v) is 9.16. The maximum atomic E-state index is 12.5. The van der Waals surface area contributed by atoms with Gasteiger partial charge in [0.25, 0.3) is 0 Å². The Bertz CT molecular complexity index is 460. The lowest BCUT2D eigenvalue weighted by molar-refractivity contribution is -0.119. The summed E-state index contributed by atoms with van der Waals surface area (Å²) in [5, 5.41) is 10.3.